The molecule has 0 aliphatic carbocycles. The zero-order valence-corrected chi connectivity index (χ0v) is 14.6. The number of hydrogen-bond donors (Lipinski definition) is 1. The molecule has 1 fully saturated rings. The largest absolute Gasteiger partial charge is 0.483 e. The van der Waals surface area contributed by atoms with Crippen molar-refractivity contribution in [2.75, 3.05) is 33.4 Å². The maximum atomic E-state index is 12.9. The number of carbonyl (C=O) groups excluding carboxylic acids is 1. The molecule has 0 aromatic carbocycles. The zero-order valence-electron chi connectivity index (χ0n) is 14.6. The van der Waals surface area contributed by atoms with Crippen molar-refractivity contribution in [3.05, 3.63) is 30.1 Å². The standard InChI is InChI=1S/C18H21N5O3/c1-23-8-5-12(6-9-23)20-17(24)14-15-18(26-11-10-25-15)22-16(21-14)13-4-2-3-7-19-13/h2-4,7,12H,5-6,8-11H2,1H3,(H,20,24). The van der Waals surface area contributed by atoms with Crippen molar-refractivity contribution in [3.8, 4) is 23.1 Å². The zero-order chi connectivity index (χ0) is 17.9. The second-order valence-corrected chi connectivity index (χ2v) is 6.49. The minimum atomic E-state index is -0.263. The van der Waals surface area contributed by atoms with Crippen LogP contribution in [0.15, 0.2) is 24.4 Å². The third kappa shape index (κ3) is 3.45. The lowest BCUT2D eigenvalue weighted by molar-refractivity contribution is 0.0898. The van der Waals surface area contributed by atoms with Gasteiger partial charge in [0.1, 0.15) is 18.9 Å². The van der Waals surface area contributed by atoms with Crippen LogP contribution >= 0.6 is 0 Å². The van der Waals surface area contributed by atoms with Gasteiger partial charge in [-0.3, -0.25) is 9.78 Å². The van der Waals surface area contributed by atoms with Crippen LogP contribution in [-0.4, -0.2) is 65.2 Å². The van der Waals surface area contributed by atoms with Crippen LogP contribution in [0.25, 0.3) is 11.5 Å². The van der Waals surface area contributed by atoms with Gasteiger partial charge in [-0.15, -0.1) is 0 Å². The Morgan fingerprint density at radius 2 is 2.00 bits per heavy atom. The summed E-state index contributed by atoms with van der Waals surface area (Å²) in [6, 6.07) is 5.59. The van der Waals surface area contributed by atoms with Gasteiger partial charge in [0, 0.05) is 12.2 Å². The Morgan fingerprint density at radius 1 is 1.19 bits per heavy atom. The molecule has 0 spiro atoms. The summed E-state index contributed by atoms with van der Waals surface area (Å²) in [6.07, 6.45) is 3.49. The first-order chi connectivity index (χ1) is 12.7. The minimum Gasteiger partial charge on any atom is -0.483 e. The number of fused-ring (bicyclic) bond motifs is 1. The number of likely N-dealkylation sites (tertiary alicyclic amines) is 1. The van der Waals surface area contributed by atoms with E-state index in [1.54, 1.807) is 12.3 Å². The van der Waals surface area contributed by atoms with E-state index in [-0.39, 0.29) is 17.6 Å². The molecule has 4 heterocycles. The first-order valence-electron chi connectivity index (χ1n) is 8.79. The molecule has 2 aliphatic heterocycles. The van der Waals surface area contributed by atoms with E-state index in [2.05, 4.69) is 32.2 Å². The van der Waals surface area contributed by atoms with Gasteiger partial charge >= 0.3 is 0 Å². The van der Waals surface area contributed by atoms with E-state index in [0.717, 1.165) is 25.9 Å². The number of aromatic nitrogens is 3. The summed E-state index contributed by atoms with van der Waals surface area (Å²) in [5, 5.41) is 3.07. The number of nitrogens with zero attached hydrogens (tertiary/aromatic N) is 4. The van der Waals surface area contributed by atoms with Crippen LogP contribution in [-0.2, 0) is 0 Å². The quantitative estimate of drug-likeness (QED) is 0.883. The molecule has 8 heteroatoms. The minimum absolute atomic E-state index is 0.132. The molecule has 2 aromatic heterocycles. The number of nitrogens with one attached hydrogen (secondary N) is 1. The Bertz CT molecular complexity index is 791. The van der Waals surface area contributed by atoms with Crippen LogP contribution in [0.2, 0.25) is 0 Å². The summed E-state index contributed by atoms with van der Waals surface area (Å²) < 4.78 is 11.2. The third-order valence-electron chi connectivity index (χ3n) is 4.57. The number of piperidine rings is 1. The molecule has 0 atom stereocenters. The Labute approximate surface area is 151 Å². The highest BCUT2D eigenvalue weighted by molar-refractivity contribution is 5.96. The Hall–Kier alpha value is -2.74. The molecule has 1 amide bonds. The molecule has 26 heavy (non-hydrogen) atoms. The van der Waals surface area contributed by atoms with Gasteiger partial charge in [0.15, 0.2) is 11.5 Å². The number of rotatable bonds is 3. The number of ether oxygens (including phenoxy) is 2. The highest BCUT2D eigenvalue weighted by Crippen LogP contribution is 2.33. The first-order valence-corrected chi connectivity index (χ1v) is 8.79. The molecule has 0 radical (unpaired) electrons. The molecule has 4 rings (SSSR count). The van der Waals surface area contributed by atoms with Crippen molar-refractivity contribution >= 4 is 5.91 Å². The summed E-state index contributed by atoms with van der Waals surface area (Å²) in [5.74, 6) is 0.686. The van der Waals surface area contributed by atoms with Gasteiger partial charge < -0.3 is 19.7 Å². The van der Waals surface area contributed by atoms with E-state index in [4.69, 9.17) is 9.47 Å². The molecule has 1 saturated heterocycles. The molecule has 2 aromatic rings. The van der Waals surface area contributed by atoms with Crippen LogP contribution in [0.4, 0.5) is 0 Å². The molecule has 136 valence electrons. The smallest absolute Gasteiger partial charge is 0.274 e. The molecule has 8 nitrogen and oxygen atoms in total. The van der Waals surface area contributed by atoms with Crippen LogP contribution in [0.1, 0.15) is 23.3 Å². The average molecular weight is 355 g/mol. The molecule has 1 N–H and O–H groups in total. The van der Waals surface area contributed by atoms with Gasteiger partial charge in [-0.1, -0.05) is 6.07 Å². The maximum absolute atomic E-state index is 12.9. The Kier molecular flexibility index (Phi) is 4.66. The van der Waals surface area contributed by atoms with Crippen molar-refractivity contribution < 1.29 is 14.3 Å². The summed E-state index contributed by atoms with van der Waals surface area (Å²) in [7, 11) is 2.09. The van der Waals surface area contributed by atoms with Gasteiger partial charge in [0.25, 0.3) is 11.8 Å². The normalized spacial score (nSPS) is 17.7. The SMILES string of the molecule is CN1CCC(NC(=O)c2nc(-c3ccccn3)nc3c2OCCO3)CC1. The number of hydrogen-bond acceptors (Lipinski definition) is 7. The molecule has 0 bridgehead atoms. The Balaban J connectivity index is 1.64. The van der Waals surface area contributed by atoms with Crippen molar-refractivity contribution in [2.24, 2.45) is 0 Å². The van der Waals surface area contributed by atoms with E-state index < -0.39 is 0 Å². The molecule has 0 unspecified atom stereocenters. The summed E-state index contributed by atoms with van der Waals surface area (Å²) in [4.78, 5) is 28.2. The van der Waals surface area contributed by atoms with Gasteiger partial charge in [-0.25, -0.2) is 4.98 Å². The molecule has 0 saturated carbocycles. The van der Waals surface area contributed by atoms with Gasteiger partial charge in [-0.05, 0) is 45.1 Å². The summed E-state index contributed by atoms with van der Waals surface area (Å²) in [6.45, 7) is 2.69. The third-order valence-corrected chi connectivity index (χ3v) is 4.57. The van der Waals surface area contributed by atoms with Crippen molar-refractivity contribution in [1.82, 2.24) is 25.2 Å². The van der Waals surface area contributed by atoms with E-state index in [1.165, 1.54) is 0 Å². The second-order valence-electron chi connectivity index (χ2n) is 6.49. The highest BCUT2D eigenvalue weighted by Gasteiger charge is 2.28. The number of amides is 1. The number of pyridine rings is 1. The average Bonchev–Trinajstić information content (AvgIpc) is 2.69. The van der Waals surface area contributed by atoms with Crippen LogP contribution < -0.4 is 14.8 Å². The summed E-state index contributed by atoms with van der Waals surface area (Å²) >= 11 is 0. The van der Waals surface area contributed by atoms with E-state index >= 15 is 0 Å². The summed E-state index contributed by atoms with van der Waals surface area (Å²) in [5.41, 5.74) is 0.784. The molecule has 2 aliphatic rings. The van der Waals surface area contributed by atoms with E-state index in [9.17, 15) is 4.79 Å². The Morgan fingerprint density at radius 3 is 2.77 bits per heavy atom. The van der Waals surface area contributed by atoms with Gasteiger partial charge in [0.2, 0.25) is 5.75 Å². The van der Waals surface area contributed by atoms with Crippen LogP contribution in [0, 0.1) is 0 Å². The van der Waals surface area contributed by atoms with Gasteiger partial charge in [-0.2, -0.15) is 4.98 Å². The van der Waals surface area contributed by atoms with E-state index in [1.807, 2.05) is 12.1 Å². The maximum Gasteiger partial charge on any atom is 0.274 e. The van der Waals surface area contributed by atoms with Crippen molar-refractivity contribution in [3.63, 3.8) is 0 Å². The van der Waals surface area contributed by atoms with Gasteiger partial charge in [0.05, 0.1) is 0 Å². The lowest BCUT2D eigenvalue weighted by atomic mass is 10.1. The number of carbonyl (C=O) groups is 1. The predicted molar refractivity (Wildman–Crippen MR) is 94.2 cm³/mol. The van der Waals surface area contributed by atoms with Crippen molar-refractivity contribution in [1.29, 1.82) is 0 Å². The lowest BCUT2D eigenvalue weighted by Gasteiger charge is -2.29. The van der Waals surface area contributed by atoms with Crippen LogP contribution in [0.5, 0.6) is 11.6 Å². The fraction of sp³-hybridized carbons (Fsp3) is 0.444. The van der Waals surface area contributed by atoms with Crippen molar-refractivity contribution in [2.45, 2.75) is 18.9 Å². The molecular formula is C18H21N5O3. The fourth-order valence-electron chi connectivity index (χ4n) is 3.11. The van der Waals surface area contributed by atoms with Crippen LogP contribution in [0.3, 0.4) is 0 Å². The monoisotopic (exact) mass is 355 g/mol. The topological polar surface area (TPSA) is 89.5 Å². The molecular weight excluding hydrogens is 334 g/mol. The highest BCUT2D eigenvalue weighted by atomic mass is 16.6. The predicted octanol–water partition coefficient (Wildman–Crippen LogP) is 1.13. The second kappa shape index (κ2) is 7.25. The lowest BCUT2D eigenvalue weighted by Crippen LogP contribution is -2.43. The first kappa shape index (κ1) is 16.7. The van der Waals surface area contributed by atoms with E-state index in [0.29, 0.717) is 36.4 Å². The fourth-order valence-corrected chi connectivity index (χ4v) is 3.11.